The molecule has 0 radical (unpaired) electrons. The first-order valence-corrected chi connectivity index (χ1v) is 8.44. The molecule has 118 valence electrons. The number of nitrogens with one attached hydrogen (secondary N) is 1. The minimum Gasteiger partial charge on any atom is -1.00 e. The molecule has 0 aliphatic rings. The molecule has 0 fully saturated rings. The van der Waals surface area contributed by atoms with Gasteiger partial charge in [0.15, 0.2) is 0 Å². The van der Waals surface area contributed by atoms with Crippen LogP contribution in [0.2, 0.25) is 0 Å². The first-order valence-electron chi connectivity index (χ1n) is 6.23. The highest BCUT2D eigenvalue weighted by molar-refractivity contribution is 7.95. The second-order valence-corrected chi connectivity index (χ2v) is 6.93. The van der Waals surface area contributed by atoms with Gasteiger partial charge >= 0.3 is 12.1 Å². The lowest BCUT2D eigenvalue weighted by Gasteiger charge is -2.14. The molecule has 0 unspecified atom stereocenters. The van der Waals surface area contributed by atoms with Gasteiger partial charge < -0.3 is 39.1 Å². The molecule has 1 aromatic carbocycles. The fourth-order valence-electron chi connectivity index (χ4n) is 1.53. The summed E-state index contributed by atoms with van der Waals surface area (Å²) in [6, 6.07) is 8.18. The quantitative estimate of drug-likeness (QED) is 0.403. The molecule has 0 saturated heterocycles. The van der Waals surface area contributed by atoms with Gasteiger partial charge in [-0.25, -0.2) is 9.59 Å². The Morgan fingerprint density at radius 1 is 1.29 bits per heavy atom. The minimum absolute atomic E-state index is 0. The molecule has 0 heterocycles. The van der Waals surface area contributed by atoms with E-state index < -0.39 is 18.1 Å². The summed E-state index contributed by atoms with van der Waals surface area (Å²) in [6.45, 7) is 0.305. The first kappa shape index (κ1) is 20.0. The van der Waals surface area contributed by atoms with Gasteiger partial charge in [-0.1, -0.05) is 30.3 Å². The number of carboxylic acids is 1. The average Bonchev–Trinajstić information content (AvgIpc) is 2.38. The largest absolute Gasteiger partial charge is 1.00 e. The first-order chi connectivity index (χ1) is 9.49. The molecule has 21 heavy (non-hydrogen) atoms. The molecule has 1 atom stereocenters. The van der Waals surface area contributed by atoms with E-state index in [1.807, 2.05) is 30.3 Å². The van der Waals surface area contributed by atoms with Crippen LogP contribution in [0.1, 0.15) is 5.56 Å². The summed E-state index contributed by atoms with van der Waals surface area (Å²) < 4.78 is 4.96. The SMILES string of the molecule is C[S+](C)CCOC(=O)N[C@@H](Cc1ccccc1)C(=O)O.[I-]. The van der Waals surface area contributed by atoms with Crippen molar-refractivity contribution in [2.24, 2.45) is 0 Å². The molecule has 1 rings (SSSR count). The molecule has 7 heteroatoms. The number of carbonyl (C=O) groups is 2. The number of carbonyl (C=O) groups excluding carboxylic acids is 1. The second kappa shape index (κ2) is 10.7. The van der Waals surface area contributed by atoms with E-state index in [2.05, 4.69) is 17.8 Å². The van der Waals surface area contributed by atoms with Gasteiger partial charge in [0.1, 0.15) is 18.4 Å². The van der Waals surface area contributed by atoms with Crippen molar-refractivity contribution in [2.45, 2.75) is 12.5 Å². The summed E-state index contributed by atoms with van der Waals surface area (Å²) in [5.41, 5.74) is 0.851. The highest BCUT2D eigenvalue weighted by Gasteiger charge is 2.21. The lowest BCUT2D eigenvalue weighted by Crippen LogP contribution is -3.00. The Balaban J connectivity index is 0.00000400. The monoisotopic (exact) mass is 425 g/mol. The highest BCUT2D eigenvalue weighted by atomic mass is 127. The molecule has 5 nitrogen and oxygen atoms in total. The minimum atomic E-state index is -1.07. The van der Waals surface area contributed by atoms with E-state index in [-0.39, 0.29) is 41.3 Å². The lowest BCUT2D eigenvalue weighted by atomic mass is 10.1. The summed E-state index contributed by atoms with van der Waals surface area (Å²) in [4.78, 5) is 22.7. The number of hydrogen-bond donors (Lipinski definition) is 2. The molecule has 0 aliphatic heterocycles. The third-order valence-electron chi connectivity index (χ3n) is 2.60. The van der Waals surface area contributed by atoms with Crippen molar-refractivity contribution in [3.05, 3.63) is 35.9 Å². The van der Waals surface area contributed by atoms with Gasteiger partial charge in [-0.15, -0.1) is 0 Å². The van der Waals surface area contributed by atoms with E-state index in [0.717, 1.165) is 11.3 Å². The topological polar surface area (TPSA) is 75.6 Å². The number of aliphatic carboxylic acids is 1. The molecule has 2 N–H and O–H groups in total. The van der Waals surface area contributed by atoms with E-state index in [0.29, 0.717) is 6.61 Å². The van der Waals surface area contributed by atoms with Gasteiger partial charge in [0, 0.05) is 6.42 Å². The number of benzene rings is 1. The third-order valence-corrected chi connectivity index (χ3v) is 3.58. The van der Waals surface area contributed by atoms with Crippen molar-refractivity contribution in [1.82, 2.24) is 5.32 Å². The number of alkyl carbamates (subject to hydrolysis) is 1. The Labute approximate surface area is 144 Å². The van der Waals surface area contributed by atoms with Gasteiger partial charge in [0.2, 0.25) is 0 Å². The molecule has 0 aromatic heterocycles. The van der Waals surface area contributed by atoms with Gasteiger partial charge in [-0.05, 0) is 16.5 Å². The number of carboxylic acid groups (broad SMARTS) is 1. The number of hydrogen-bond acceptors (Lipinski definition) is 3. The smallest absolute Gasteiger partial charge is 0.408 e. The predicted octanol–water partition coefficient (Wildman–Crippen LogP) is -1.71. The van der Waals surface area contributed by atoms with Crippen LogP contribution >= 0.6 is 0 Å². The van der Waals surface area contributed by atoms with Gasteiger partial charge in [-0.2, -0.15) is 0 Å². The summed E-state index contributed by atoms with van der Waals surface area (Å²) in [5.74, 6) is -0.291. The van der Waals surface area contributed by atoms with E-state index >= 15 is 0 Å². The van der Waals surface area contributed by atoms with Crippen molar-refractivity contribution in [3.63, 3.8) is 0 Å². The van der Waals surface area contributed by atoms with Gasteiger partial charge in [0.25, 0.3) is 0 Å². The number of ether oxygens (including phenoxy) is 1. The lowest BCUT2D eigenvalue weighted by molar-refractivity contribution is -0.139. The van der Waals surface area contributed by atoms with Crippen LogP contribution in [-0.4, -0.2) is 48.1 Å². The van der Waals surface area contributed by atoms with Crippen molar-refractivity contribution in [1.29, 1.82) is 0 Å². The fraction of sp³-hybridized carbons (Fsp3) is 0.429. The molecular weight excluding hydrogens is 405 g/mol. The number of halogens is 1. The molecule has 0 aliphatic carbocycles. The maximum atomic E-state index is 11.5. The molecular formula is C14H20INO4S. The predicted molar refractivity (Wildman–Crippen MR) is 80.1 cm³/mol. The van der Waals surface area contributed by atoms with Crippen LogP contribution in [0.3, 0.4) is 0 Å². The summed E-state index contributed by atoms with van der Waals surface area (Å²) in [6.07, 6.45) is 3.66. The molecule has 0 spiro atoms. The van der Waals surface area contributed by atoms with Crippen LogP contribution in [-0.2, 0) is 26.8 Å². The highest BCUT2D eigenvalue weighted by Crippen LogP contribution is 2.03. The molecule has 0 bridgehead atoms. The van der Waals surface area contributed by atoms with Gasteiger partial charge in [-0.3, -0.25) is 0 Å². The zero-order chi connectivity index (χ0) is 15.0. The Morgan fingerprint density at radius 3 is 2.43 bits per heavy atom. The standard InChI is InChI=1S/C14H19NO4S.HI/c1-20(2)9-8-19-14(18)15-12(13(16)17)10-11-6-4-3-5-7-11;/h3-7,12H,8-10H2,1-2H3,(H-,15,16,17,18);1H/t12-;/m0./s1. The van der Waals surface area contributed by atoms with E-state index in [4.69, 9.17) is 9.84 Å². The van der Waals surface area contributed by atoms with Crippen LogP contribution in [0, 0.1) is 0 Å². The molecule has 1 aromatic rings. The summed E-state index contributed by atoms with van der Waals surface area (Å²) in [7, 11) is 0.194. The Morgan fingerprint density at radius 2 is 1.90 bits per heavy atom. The zero-order valence-corrected chi connectivity index (χ0v) is 15.0. The number of rotatable bonds is 7. The van der Waals surface area contributed by atoms with E-state index in [9.17, 15) is 9.59 Å². The van der Waals surface area contributed by atoms with Gasteiger partial charge in [0.05, 0.1) is 12.5 Å². The fourth-order valence-corrected chi connectivity index (χ4v) is 1.95. The Bertz CT molecular complexity index is 442. The second-order valence-electron chi connectivity index (χ2n) is 4.55. The van der Waals surface area contributed by atoms with Crippen LogP contribution in [0.15, 0.2) is 30.3 Å². The van der Waals surface area contributed by atoms with E-state index in [1.165, 1.54) is 0 Å². The van der Waals surface area contributed by atoms with Crippen LogP contribution in [0.25, 0.3) is 0 Å². The third kappa shape index (κ3) is 8.82. The Hall–Kier alpha value is -0.960. The summed E-state index contributed by atoms with van der Waals surface area (Å²) >= 11 is 0. The molecule has 0 saturated carbocycles. The van der Waals surface area contributed by atoms with Crippen molar-refractivity contribution in [2.75, 3.05) is 24.9 Å². The normalized spacial score (nSPS) is 11.4. The molecule has 1 amide bonds. The Kier molecular flexibility index (Phi) is 10.2. The maximum absolute atomic E-state index is 11.5. The van der Waals surface area contributed by atoms with Crippen LogP contribution in [0.5, 0.6) is 0 Å². The van der Waals surface area contributed by atoms with Crippen LogP contribution < -0.4 is 29.3 Å². The average molecular weight is 425 g/mol. The zero-order valence-electron chi connectivity index (χ0n) is 12.0. The van der Waals surface area contributed by atoms with Crippen molar-refractivity contribution in [3.8, 4) is 0 Å². The van der Waals surface area contributed by atoms with Crippen LogP contribution in [0.4, 0.5) is 4.79 Å². The van der Waals surface area contributed by atoms with E-state index in [1.54, 1.807) is 0 Å². The maximum Gasteiger partial charge on any atom is 0.408 e. The van der Waals surface area contributed by atoms with Crippen molar-refractivity contribution < 1.29 is 43.4 Å². The number of amides is 1. The summed E-state index contributed by atoms with van der Waals surface area (Å²) in [5, 5.41) is 11.5. The van der Waals surface area contributed by atoms with Crippen molar-refractivity contribution >= 4 is 23.0 Å².